The van der Waals surface area contributed by atoms with Crippen LogP contribution in [0.3, 0.4) is 0 Å². The van der Waals surface area contributed by atoms with Gasteiger partial charge in [-0.2, -0.15) is 4.31 Å². The van der Waals surface area contributed by atoms with Gasteiger partial charge in [0, 0.05) is 13.1 Å². The third kappa shape index (κ3) is 4.22. The highest BCUT2D eigenvalue weighted by molar-refractivity contribution is 7.88. The third-order valence-corrected chi connectivity index (χ3v) is 4.45. The number of amides is 1. The first-order chi connectivity index (χ1) is 8.36. The Labute approximate surface area is 108 Å². The Kier molecular flexibility index (Phi) is 5.55. The Morgan fingerprint density at radius 2 is 2.17 bits per heavy atom. The summed E-state index contributed by atoms with van der Waals surface area (Å²) in [6.07, 6.45) is 3.28. The topological polar surface area (TPSA) is 86.7 Å². The van der Waals surface area contributed by atoms with Crippen LogP contribution in [0, 0.1) is 0 Å². The van der Waals surface area contributed by atoms with E-state index in [1.165, 1.54) is 4.31 Å². The molecule has 0 bridgehead atoms. The minimum Gasteiger partial charge on any atom is -0.391 e. The second-order valence-electron chi connectivity index (χ2n) is 4.69. The van der Waals surface area contributed by atoms with E-state index < -0.39 is 22.2 Å². The van der Waals surface area contributed by atoms with E-state index in [4.69, 9.17) is 0 Å². The summed E-state index contributed by atoms with van der Waals surface area (Å²) in [4.78, 5) is 11.9. The van der Waals surface area contributed by atoms with Gasteiger partial charge in [0.15, 0.2) is 0 Å². The lowest BCUT2D eigenvalue weighted by Gasteiger charge is -2.32. The van der Waals surface area contributed by atoms with Gasteiger partial charge in [0.05, 0.1) is 12.4 Å². The van der Waals surface area contributed by atoms with Gasteiger partial charge in [-0.15, -0.1) is 0 Å². The maximum atomic E-state index is 11.9. The van der Waals surface area contributed by atoms with Crippen LogP contribution in [0.5, 0.6) is 0 Å². The number of carbonyl (C=O) groups is 1. The van der Waals surface area contributed by atoms with Gasteiger partial charge >= 0.3 is 0 Å². The molecule has 0 radical (unpaired) electrons. The van der Waals surface area contributed by atoms with Crippen LogP contribution >= 0.6 is 0 Å². The molecule has 1 amide bonds. The van der Waals surface area contributed by atoms with Gasteiger partial charge in [0.25, 0.3) is 0 Å². The molecule has 2 atom stereocenters. The smallest absolute Gasteiger partial charge is 0.238 e. The van der Waals surface area contributed by atoms with Crippen LogP contribution in [-0.2, 0) is 14.8 Å². The third-order valence-electron chi connectivity index (χ3n) is 3.17. The molecule has 18 heavy (non-hydrogen) atoms. The number of hydrogen-bond acceptors (Lipinski definition) is 4. The summed E-state index contributed by atoms with van der Waals surface area (Å²) in [6.45, 7) is 2.39. The van der Waals surface area contributed by atoms with Crippen molar-refractivity contribution >= 4 is 15.9 Å². The van der Waals surface area contributed by atoms with Crippen LogP contribution in [0.25, 0.3) is 0 Å². The summed E-state index contributed by atoms with van der Waals surface area (Å²) >= 11 is 0. The minimum atomic E-state index is -3.35. The number of aliphatic hydroxyl groups is 1. The molecule has 0 aliphatic carbocycles. The van der Waals surface area contributed by atoms with Crippen molar-refractivity contribution in [3.8, 4) is 0 Å². The SMILES string of the molecule is CCC(O)CNC(=O)C1CCCCN1S(C)(=O)=O. The van der Waals surface area contributed by atoms with Gasteiger partial charge in [0.2, 0.25) is 15.9 Å². The fraction of sp³-hybridized carbons (Fsp3) is 0.909. The molecular formula is C11H22N2O4S. The van der Waals surface area contributed by atoms with Gasteiger partial charge in [-0.3, -0.25) is 4.79 Å². The van der Waals surface area contributed by atoms with Gasteiger partial charge in [-0.05, 0) is 19.3 Å². The number of sulfonamides is 1. The zero-order valence-electron chi connectivity index (χ0n) is 10.9. The molecule has 0 saturated carbocycles. The Morgan fingerprint density at radius 1 is 1.50 bits per heavy atom. The lowest BCUT2D eigenvalue weighted by molar-refractivity contribution is -0.126. The molecule has 2 N–H and O–H groups in total. The van der Waals surface area contributed by atoms with Crippen LogP contribution in [0.2, 0.25) is 0 Å². The molecule has 1 aliphatic heterocycles. The Balaban J connectivity index is 2.64. The number of aliphatic hydroxyl groups excluding tert-OH is 1. The zero-order chi connectivity index (χ0) is 13.8. The summed E-state index contributed by atoms with van der Waals surface area (Å²) < 4.78 is 24.4. The van der Waals surface area contributed by atoms with Crippen molar-refractivity contribution in [3.05, 3.63) is 0 Å². The van der Waals surface area contributed by atoms with Gasteiger partial charge in [-0.25, -0.2) is 8.42 Å². The Morgan fingerprint density at radius 3 is 2.72 bits per heavy atom. The highest BCUT2D eigenvalue weighted by atomic mass is 32.2. The maximum absolute atomic E-state index is 11.9. The van der Waals surface area contributed by atoms with Gasteiger partial charge in [-0.1, -0.05) is 13.3 Å². The maximum Gasteiger partial charge on any atom is 0.238 e. The van der Waals surface area contributed by atoms with Crippen molar-refractivity contribution in [1.29, 1.82) is 0 Å². The Hall–Kier alpha value is -0.660. The minimum absolute atomic E-state index is 0.170. The van der Waals surface area contributed by atoms with E-state index in [1.807, 2.05) is 6.92 Å². The summed E-state index contributed by atoms with van der Waals surface area (Å²) in [5, 5.41) is 12.0. The number of hydrogen-bond donors (Lipinski definition) is 2. The van der Waals surface area contributed by atoms with Crippen LogP contribution in [0.4, 0.5) is 0 Å². The van der Waals surface area contributed by atoms with E-state index in [0.717, 1.165) is 19.1 Å². The second kappa shape index (κ2) is 6.49. The predicted octanol–water partition coefficient (Wildman–Crippen LogP) is -0.312. The van der Waals surface area contributed by atoms with Crippen LogP contribution in [-0.4, -0.2) is 55.2 Å². The van der Waals surface area contributed by atoms with E-state index in [0.29, 0.717) is 19.4 Å². The van der Waals surface area contributed by atoms with Crippen molar-refractivity contribution in [1.82, 2.24) is 9.62 Å². The highest BCUT2D eigenvalue weighted by Gasteiger charge is 2.34. The number of piperidine rings is 1. The molecule has 1 saturated heterocycles. The van der Waals surface area contributed by atoms with E-state index >= 15 is 0 Å². The molecule has 0 aromatic rings. The molecule has 1 fully saturated rings. The number of nitrogens with zero attached hydrogens (tertiary/aromatic N) is 1. The lowest BCUT2D eigenvalue weighted by Crippen LogP contribution is -2.52. The van der Waals surface area contributed by atoms with Gasteiger partial charge < -0.3 is 10.4 Å². The van der Waals surface area contributed by atoms with Crippen molar-refractivity contribution in [3.63, 3.8) is 0 Å². The van der Waals surface area contributed by atoms with Crippen LogP contribution in [0.1, 0.15) is 32.6 Å². The molecule has 1 rings (SSSR count). The molecule has 1 aliphatic rings. The molecule has 0 spiro atoms. The second-order valence-corrected chi connectivity index (χ2v) is 6.63. The summed E-state index contributed by atoms with van der Waals surface area (Å²) in [5.74, 6) is -0.312. The molecular weight excluding hydrogens is 256 g/mol. The average molecular weight is 278 g/mol. The van der Waals surface area contributed by atoms with Crippen LogP contribution in [0.15, 0.2) is 0 Å². The molecule has 2 unspecified atom stereocenters. The van der Waals surface area contributed by atoms with Crippen molar-refractivity contribution < 1.29 is 18.3 Å². The first-order valence-electron chi connectivity index (χ1n) is 6.28. The highest BCUT2D eigenvalue weighted by Crippen LogP contribution is 2.19. The molecule has 1 heterocycles. The largest absolute Gasteiger partial charge is 0.391 e. The summed E-state index contributed by atoms with van der Waals surface area (Å²) in [6, 6.07) is -0.627. The van der Waals surface area contributed by atoms with E-state index in [2.05, 4.69) is 5.32 Å². The van der Waals surface area contributed by atoms with Crippen molar-refractivity contribution in [2.45, 2.75) is 44.8 Å². The zero-order valence-corrected chi connectivity index (χ0v) is 11.7. The predicted molar refractivity (Wildman–Crippen MR) is 68.5 cm³/mol. The first-order valence-corrected chi connectivity index (χ1v) is 8.13. The summed E-state index contributed by atoms with van der Waals surface area (Å²) in [7, 11) is -3.35. The molecule has 106 valence electrons. The fourth-order valence-electron chi connectivity index (χ4n) is 2.04. The van der Waals surface area contributed by atoms with Gasteiger partial charge in [0.1, 0.15) is 6.04 Å². The van der Waals surface area contributed by atoms with E-state index in [9.17, 15) is 18.3 Å². The van der Waals surface area contributed by atoms with E-state index in [1.54, 1.807) is 0 Å². The molecule has 0 aromatic heterocycles. The quantitative estimate of drug-likeness (QED) is 0.722. The first kappa shape index (κ1) is 15.4. The normalized spacial score (nSPS) is 23.6. The Bertz CT molecular complexity index is 383. The number of carbonyl (C=O) groups excluding carboxylic acids is 1. The average Bonchev–Trinajstić information content (AvgIpc) is 2.34. The summed E-state index contributed by atoms with van der Waals surface area (Å²) in [5.41, 5.74) is 0. The number of nitrogens with one attached hydrogen (secondary N) is 1. The number of rotatable bonds is 5. The molecule has 7 heteroatoms. The van der Waals surface area contributed by atoms with Crippen molar-refractivity contribution in [2.24, 2.45) is 0 Å². The molecule has 6 nitrogen and oxygen atoms in total. The lowest BCUT2D eigenvalue weighted by atomic mass is 10.0. The fourth-order valence-corrected chi connectivity index (χ4v) is 3.17. The molecule has 0 aromatic carbocycles. The van der Waals surface area contributed by atoms with Crippen molar-refractivity contribution in [2.75, 3.05) is 19.3 Å². The standard InChI is InChI=1S/C11H22N2O4S/c1-3-9(14)8-12-11(15)10-6-4-5-7-13(10)18(2,16)17/h9-10,14H,3-8H2,1-2H3,(H,12,15). The van der Waals surface area contributed by atoms with Crippen LogP contribution < -0.4 is 5.32 Å². The van der Waals surface area contributed by atoms with E-state index in [-0.39, 0.29) is 12.5 Å². The monoisotopic (exact) mass is 278 g/mol.